The molecular formula is C7H8NO. The summed E-state index contributed by atoms with van der Waals surface area (Å²) in [5.41, 5.74) is 0.706. The van der Waals surface area contributed by atoms with Crippen LogP contribution >= 0.6 is 0 Å². The normalized spacial score (nSPS) is 9.44. The van der Waals surface area contributed by atoms with Crippen LogP contribution in [0, 0.1) is 12.1 Å². The summed E-state index contributed by atoms with van der Waals surface area (Å²) in [5.74, 6) is 0. The summed E-state index contributed by atoms with van der Waals surface area (Å²) in [6.45, 7) is 3.60. The van der Waals surface area contributed by atoms with E-state index >= 15 is 0 Å². The lowest BCUT2D eigenvalue weighted by molar-refractivity contribution is -0.613. The van der Waals surface area contributed by atoms with Gasteiger partial charge in [-0.05, 0) is 6.92 Å². The third-order valence-electron chi connectivity index (χ3n) is 1.16. The van der Waals surface area contributed by atoms with Gasteiger partial charge in [0.15, 0.2) is 11.9 Å². The van der Waals surface area contributed by atoms with E-state index in [1.165, 1.54) is 6.20 Å². The molecule has 0 aliphatic rings. The molecule has 0 aliphatic heterocycles. The van der Waals surface area contributed by atoms with E-state index in [0.717, 1.165) is 4.73 Å². The highest BCUT2D eigenvalue weighted by atomic mass is 16.5. The highest BCUT2D eigenvalue weighted by Gasteiger charge is 1.95. The van der Waals surface area contributed by atoms with Crippen LogP contribution < -0.4 is 4.73 Å². The van der Waals surface area contributed by atoms with E-state index in [2.05, 4.69) is 6.92 Å². The van der Waals surface area contributed by atoms with Gasteiger partial charge in [-0.25, -0.2) is 0 Å². The van der Waals surface area contributed by atoms with Crippen molar-refractivity contribution in [1.82, 2.24) is 0 Å². The van der Waals surface area contributed by atoms with Crippen molar-refractivity contribution >= 4 is 0 Å². The third kappa shape index (κ3) is 1.19. The van der Waals surface area contributed by atoms with Gasteiger partial charge in [0, 0.05) is 18.6 Å². The van der Waals surface area contributed by atoms with Crippen molar-refractivity contribution in [2.45, 2.75) is 6.42 Å². The van der Waals surface area contributed by atoms with Crippen LogP contribution in [0.5, 0.6) is 0 Å². The Morgan fingerprint density at radius 3 is 2.78 bits per heavy atom. The van der Waals surface area contributed by atoms with Gasteiger partial charge in [0.1, 0.15) is 0 Å². The number of hydrogen-bond acceptors (Lipinski definition) is 1. The summed E-state index contributed by atoms with van der Waals surface area (Å²) >= 11 is 0. The Balaban J connectivity index is 3.01. The summed E-state index contributed by atoms with van der Waals surface area (Å²) in [4.78, 5) is 0. The Hall–Kier alpha value is -1.05. The minimum atomic E-state index is 0.546. The Labute approximate surface area is 54.3 Å². The molecule has 0 saturated carbocycles. The lowest BCUT2D eigenvalue weighted by Crippen LogP contribution is -2.30. The van der Waals surface area contributed by atoms with E-state index in [1.54, 1.807) is 12.1 Å². The predicted octanol–water partition coefficient (Wildman–Crippen LogP) is 0.697. The number of hydrogen-bond donors (Lipinski definition) is 0. The largest absolute Gasteiger partial charge is 0.619 e. The minimum Gasteiger partial charge on any atom is -0.619 e. The monoisotopic (exact) mass is 122 g/mol. The predicted molar refractivity (Wildman–Crippen MR) is 34.5 cm³/mol. The van der Waals surface area contributed by atoms with Crippen molar-refractivity contribution in [3.05, 3.63) is 42.2 Å². The molecule has 0 N–H and O–H groups in total. The van der Waals surface area contributed by atoms with Crippen LogP contribution in [0.4, 0.5) is 0 Å². The summed E-state index contributed by atoms with van der Waals surface area (Å²) in [7, 11) is 0. The molecule has 1 rings (SSSR count). The highest BCUT2D eigenvalue weighted by Crippen LogP contribution is 1.89. The average Bonchev–Trinajstić information content (AvgIpc) is 1.89. The molecule has 47 valence electrons. The van der Waals surface area contributed by atoms with E-state index < -0.39 is 0 Å². The van der Waals surface area contributed by atoms with Crippen LogP contribution in [0.1, 0.15) is 5.69 Å². The van der Waals surface area contributed by atoms with Gasteiger partial charge in [-0.2, -0.15) is 4.73 Å². The minimum absolute atomic E-state index is 0.546. The van der Waals surface area contributed by atoms with E-state index in [9.17, 15) is 5.21 Å². The van der Waals surface area contributed by atoms with Gasteiger partial charge in [0.05, 0.1) is 0 Å². The second-order valence-electron chi connectivity index (χ2n) is 1.77. The molecule has 0 amide bonds. The lowest BCUT2D eigenvalue weighted by atomic mass is 10.3. The molecule has 1 aromatic heterocycles. The number of pyridine rings is 1. The topological polar surface area (TPSA) is 26.9 Å². The van der Waals surface area contributed by atoms with Crippen LogP contribution in [-0.2, 0) is 6.42 Å². The zero-order valence-corrected chi connectivity index (χ0v) is 5.08. The molecule has 0 aromatic carbocycles. The Morgan fingerprint density at radius 2 is 2.33 bits per heavy atom. The van der Waals surface area contributed by atoms with Crippen LogP contribution in [0.15, 0.2) is 24.4 Å². The van der Waals surface area contributed by atoms with Crippen molar-refractivity contribution in [3.8, 4) is 0 Å². The van der Waals surface area contributed by atoms with Crippen molar-refractivity contribution in [3.63, 3.8) is 0 Å². The fourth-order valence-corrected chi connectivity index (χ4v) is 0.657. The molecular weight excluding hydrogens is 114 g/mol. The van der Waals surface area contributed by atoms with Gasteiger partial charge in [-0.15, -0.1) is 0 Å². The molecule has 0 fully saturated rings. The molecule has 9 heavy (non-hydrogen) atoms. The van der Waals surface area contributed by atoms with Crippen LogP contribution in [0.3, 0.4) is 0 Å². The van der Waals surface area contributed by atoms with E-state index in [1.807, 2.05) is 6.07 Å². The zero-order chi connectivity index (χ0) is 6.69. The molecule has 0 bridgehead atoms. The maximum absolute atomic E-state index is 10.7. The summed E-state index contributed by atoms with van der Waals surface area (Å²) in [6.07, 6.45) is 2.02. The van der Waals surface area contributed by atoms with Crippen LogP contribution in [0.2, 0.25) is 0 Å². The van der Waals surface area contributed by atoms with Gasteiger partial charge in [-0.1, -0.05) is 6.07 Å². The SMILES string of the molecule is [CH2]Cc1cccc[n+]1[O-]. The Bertz CT molecular complexity index is 198. The number of aromatic nitrogens is 1. The fraction of sp³-hybridized carbons (Fsp3) is 0.143. The summed E-state index contributed by atoms with van der Waals surface area (Å²) in [5, 5.41) is 10.7. The maximum atomic E-state index is 10.7. The molecule has 1 heterocycles. The highest BCUT2D eigenvalue weighted by molar-refractivity contribution is 4.97. The first-order valence-corrected chi connectivity index (χ1v) is 2.81. The molecule has 2 nitrogen and oxygen atoms in total. The number of nitrogens with zero attached hydrogens (tertiary/aromatic N) is 1. The smallest absolute Gasteiger partial charge is 0.192 e. The standard InChI is InChI=1S/C7H8NO/c1-2-7-5-3-4-6-8(7)9/h3-6H,1-2H2. The Morgan fingerprint density at radius 1 is 1.56 bits per heavy atom. The molecule has 0 aliphatic carbocycles. The van der Waals surface area contributed by atoms with Crippen molar-refractivity contribution in [1.29, 1.82) is 0 Å². The maximum Gasteiger partial charge on any atom is 0.192 e. The average molecular weight is 122 g/mol. The molecule has 0 spiro atoms. The fourth-order valence-electron chi connectivity index (χ4n) is 0.657. The summed E-state index contributed by atoms with van der Waals surface area (Å²) < 4.78 is 0.826. The Kier molecular flexibility index (Phi) is 1.68. The molecule has 0 saturated heterocycles. The lowest BCUT2D eigenvalue weighted by Gasteiger charge is -1.98. The first-order chi connectivity index (χ1) is 4.34. The summed E-state index contributed by atoms with van der Waals surface area (Å²) in [6, 6.07) is 5.29. The van der Waals surface area contributed by atoms with Crippen LogP contribution in [-0.4, -0.2) is 0 Å². The van der Waals surface area contributed by atoms with E-state index in [0.29, 0.717) is 12.1 Å². The van der Waals surface area contributed by atoms with E-state index in [4.69, 9.17) is 0 Å². The first-order valence-electron chi connectivity index (χ1n) is 2.81. The quantitative estimate of drug-likeness (QED) is 0.398. The van der Waals surface area contributed by atoms with Crippen molar-refractivity contribution in [2.24, 2.45) is 0 Å². The molecule has 2 heteroatoms. The zero-order valence-electron chi connectivity index (χ0n) is 5.08. The van der Waals surface area contributed by atoms with E-state index in [-0.39, 0.29) is 0 Å². The van der Waals surface area contributed by atoms with Gasteiger partial charge in [-0.3, -0.25) is 0 Å². The second kappa shape index (κ2) is 2.49. The van der Waals surface area contributed by atoms with Crippen molar-refractivity contribution < 1.29 is 4.73 Å². The number of rotatable bonds is 1. The van der Waals surface area contributed by atoms with Crippen molar-refractivity contribution in [2.75, 3.05) is 0 Å². The van der Waals surface area contributed by atoms with Crippen LogP contribution in [0.25, 0.3) is 0 Å². The first kappa shape index (κ1) is 6.08. The van der Waals surface area contributed by atoms with Gasteiger partial charge in [0.2, 0.25) is 0 Å². The van der Waals surface area contributed by atoms with Gasteiger partial charge < -0.3 is 5.21 Å². The second-order valence-corrected chi connectivity index (χ2v) is 1.77. The molecule has 0 atom stereocenters. The van der Waals surface area contributed by atoms with Gasteiger partial charge in [0.25, 0.3) is 0 Å². The molecule has 0 unspecified atom stereocenters. The van der Waals surface area contributed by atoms with Gasteiger partial charge >= 0.3 is 0 Å². The third-order valence-corrected chi connectivity index (χ3v) is 1.16. The molecule has 1 aromatic rings. The molecule has 1 radical (unpaired) electrons.